The second-order valence-corrected chi connectivity index (χ2v) is 13.5. The summed E-state index contributed by atoms with van der Waals surface area (Å²) in [4.78, 5) is 0.0493. The minimum absolute atomic E-state index is 0.0198. The molecule has 0 atom stereocenters. The molecule has 0 bridgehead atoms. The Morgan fingerprint density at radius 2 is 0.780 bits per heavy atom. The van der Waals surface area contributed by atoms with Crippen molar-refractivity contribution in [2.45, 2.75) is 43.9 Å². The van der Waals surface area contributed by atoms with Gasteiger partial charge < -0.3 is 21.3 Å². The molecule has 0 saturated heterocycles. The van der Waals surface area contributed by atoms with Gasteiger partial charge in [-0.15, -0.1) is 0 Å². The molecule has 16 heteroatoms. The van der Waals surface area contributed by atoms with E-state index in [1.54, 1.807) is 52.0 Å². The van der Waals surface area contributed by atoms with Crippen LogP contribution < -0.4 is 21.3 Å². The van der Waals surface area contributed by atoms with Crippen molar-refractivity contribution in [2.75, 3.05) is 26.2 Å². The number of nitrogens with zero attached hydrogens (tertiary/aromatic N) is 2. The molecule has 2 aromatic carbocycles. The fourth-order valence-corrected chi connectivity index (χ4v) is 8.27. The molecule has 0 unspecified atom stereocenters. The zero-order valence-electron chi connectivity index (χ0n) is 23.1. The molecular weight excluding hydrogens is 641 g/mol. The molecule has 0 aliphatic carbocycles. The van der Waals surface area contributed by atoms with Gasteiger partial charge in [-0.2, -0.15) is 8.61 Å². The quantitative estimate of drug-likeness (QED) is 0.277. The first-order valence-corrected chi connectivity index (χ1v) is 17.3. The van der Waals surface area contributed by atoms with E-state index in [2.05, 4.69) is 21.3 Å². The molecule has 2 aromatic rings. The predicted molar refractivity (Wildman–Crippen MR) is 179 cm³/mol. The van der Waals surface area contributed by atoms with Crippen LogP contribution in [0.2, 0.25) is 0 Å². The van der Waals surface area contributed by atoms with Crippen molar-refractivity contribution in [3.63, 3.8) is 0 Å². The van der Waals surface area contributed by atoms with Crippen LogP contribution in [0.15, 0.2) is 58.3 Å². The summed E-state index contributed by atoms with van der Waals surface area (Å²) in [5.74, 6) is 0. The number of hydrogen-bond donors (Lipinski definition) is 4. The van der Waals surface area contributed by atoms with Gasteiger partial charge in [-0.25, -0.2) is 16.8 Å². The van der Waals surface area contributed by atoms with E-state index in [0.29, 0.717) is 32.6 Å². The number of thiocarbonyl (C=S) groups is 4. The van der Waals surface area contributed by atoms with Gasteiger partial charge >= 0.3 is 0 Å². The second-order valence-electron chi connectivity index (χ2n) is 8.35. The van der Waals surface area contributed by atoms with E-state index in [9.17, 15) is 16.8 Å². The highest BCUT2D eigenvalue weighted by Gasteiger charge is 2.31. The highest BCUT2D eigenvalue weighted by atomic mass is 32.2. The fraction of sp³-hybridized carbons (Fsp3) is 0.360. The minimum atomic E-state index is -4.06. The molecule has 0 radical (unpaired) electrons. The van der Waals surface area contributed by atoms with E-state index >= 15 is 0 Å². The maximum absolute atomic E-state index is 13.4. The van der Waals surface area contributed by atoms with Crippen LogP contribution in [-0.4, -0.2) is 72.1 Å². The standard InChI is InChI=1S/C25H34N6O4S6/c1-5-26-22(36)30(23(37)27-6-2)40(32,33)20-13-9-18(10-14-20)17-19-11-15-21(16-12-19)41(34,35)31(24(38)28-7-3)25(39)29-8-4/h9-16H,5-8,17H2,1-4H3,(H,26,36)(H,27,37)(H,28,38)(H,29,39). The highest BCUT2D eigenvalue weighted by molar-refractivity contribution is 7.94. The maximum atomic E-state index is 13.4. The Labute approximate surface area is 264 Å². The molecule has 0 heterocycles. The Morgan fingerprint density at radius 1 is 0.537 bits per heavy atom. The van der Waals surface area contributed by atoms with Gasteiger partial charge in [0.05, 0.1) is 9.79 Å². The maximum Gasteiger partial charge on any atom is 0.272 e. The normalized spacial score (nSPS) is 11.2. The molecule has 0 aliphatic rings. The number of benzene rings is 2. The fourth-order valence-electron chi connectivity index (χ4n) is 3.52. The van der Waals surface area contributed by atoms with Gasteiger partial charge in [-0.05, 0) is 118 Å². The van der Waals surface area contributed by atoms with Gasteiger partial charge in [0.25, 0.3) is 20.0 Å². The van der Waals surface area contributed by atoms with E-state index in [0.717, 1.165) is 19.7 Å². The SMILES string of the molecule is CCNC(=S)N(C(=S)NCC)S(=O)(=O)c1ccc(Cc2ccc(S(=O)(=O)N(C(=S)NCC)C(=S)NCC)cc2)cc1. The van der Waals surface area contributed by atoms with Crippen LogP contribution in [-0.2, 0) is 26.5 Å². The molecule has 0 fully saturated rings. The number of hydrogen-bond acceptors (Lipinski definition) is 8. The summed E-state index contributed by atoms with van der Waals surface area (Å²) in [7, 11) is -8.13. The first-order chi connectivity index (χ1) is 19.3. The molecule has 0 aromatic heterocycles. The average Bonchev–Trinajstić information content (AvgIpc) is 2.90. The lowest BCUT2D eigenvalue weighted by Gasteiger charge is -2.25. The third kappa shape index (κ3) is 8.75. The number of rotatable bonds is 10. The zero-order valence-corrected chi connectivity index (χ0v) is 28.0. The summed E-state index contributed by atoms with van der Waals surface area (Å²) in [6, 6.07) is 12.7. The van der Waals surface area contributed by atoms with Crippen molar-refractivity contribution >= 4 is 89.4 Å². The molecule has 0 spiro atoms. The van der Waals surface area contributed by atoms with E-state index in [-0.39, 0.29) is 30.2 Å². The van der Waals surface area contributed by atoms with E-state index < -0.39 is 20.0 Å². The molecule has 0 saturated carbocycles. The van der Waals surface area contributed by atoms with Crippen molar-refractivity contribution in [1.29, 1.82) is 0 Å². The van der Waals surface area contributed by atoms with Crippen LogP contribution in [0.4, 0.5) is 0 Å². The van der Waals surface area contributed by atoms with Gasteiger partial charge in [-0.1, -0.05) is 24.3 Å². The molecule has 0 amide bonds. The van der Waals surface area contributed by atoms with Gasteiger partial charge in [0.1, 0.15) is 0 Å². The lowest BCUT2D eigenvalue weighted by Crippen LogP contribution is -2.51. The van der Waals surface area contributed by atoms with Gasteiger partial charge in [0, 0.05) is 26.2 Å². The molecular formula is C25H34N6O4S6. The van der Waals surface area contributed by atoms with Crippen LogP contribution >= 0.6 is 48.9 Å². The monoisotopic (exact) mass is 674 g/mol. The Hall–Kier alpha value is -2.50. The van der Waals surface area contributed by atoms with Gasteiger partial charge in [0.2, 0.25) is 0 Å². The summed E-state index contributed by atoms with van der Waals surface area (Å²) < 4.78 is 55.3. The van der Waals surface area contributed by atoms with E-state index in [1.807, 2.05) is 0 Å². The van der Waals surface area contributed by atoms with Gasteiger partial charge in [0.15, 0.2) is 20.4 Å². The summed E-state index contributed by atoms with van der Waals surface area (Å²) in [5.41, 5.74) is 1.64. The number of nitrogens with one attached hydrogen (secondary N) is 4. The van der Waals surface area contributed by atoms with Crippen molar-refractivity contribution in [3.05, 3.63) is 59.7 Å². The Balaban J connectivity index is 2.29. The lowest BCUT2D eigenvalue weighted by atomic mass is 10.1. The topological polar surface area (TPSA) is 123 Å². The van der Waals surface area contributed by atoms with E-state index in [4.69, 9.17) is 48.9 Å². The number of sulfonamides is 2. The summed E-state index contributed by atoms with van der Waals surface area (Å²) in [6.45, 7) is 8.94. The van der Waals surface area contributed by atoms with Crippen molar-refractivity contribution in [1.82, 2.24) is 29.9 Å². The first-order valence-electron chi connectivity index (χ1n) is 12.7. The Kier molecular flexibility index (Phi) is 13.2. The molecule has 10 nitrogen and oxygen atoms in total. The summed E-state index contributed by atoms with van der Waals surface area (Å²) >= 11 is 21.1. The molecule has 2 rings (SSSR count). The average molecular weight is 675 g/mol. The predicted octanol–water partition coefficient (Wildman–Crippen LogP) is 2.84. The zero-order chi connectivity index (χ0) is 30.8. The highest BCUT2D eigenvalue weighted by Crippen LogP contribution is 2.21. The van der Waals surface area contributed by atoms with E-state index in [1.165, 1.54) is 24.3 Å². The third-order valence-electron chi connectivity index (χ3n) is 5.38. The largest absolute Gasteiger partial charge is 0.362 e. The van der Waals surface area contributed by atoms with Crippen LogP contribution in [0.25, 0.3) is 0 Å². The molecule has 0 aliphatic heterocycles. The summed E-state index contributed by atoms with van der Waals surface area (Å²) in [6.07, 6.45) is 0.436. The minimum Gasteiger partial charge on any atom is -0.362 e. The van der Waals surface area contributed by atoms with Crippen molar-refractivity contribution in [2.24, 2.45) is 0 Å². The first kappa shape index (κ1) is 34.7. The molecule has 41 heavy (non-hydrogen) atoms. The smallest absolute Gasteiger partial charge is 0.272 e. The molecule has 4 N–H and O–H groups in total. The van der Waals surface area contributed by atoms with Crippen molar-refractivity contribution in [3.8, 4) is 0 Å². The van der Waals surface area contributed by atoms with Crippen LogP contribution in [0.5, 0.6) is 0 Å². The lowest BCUT2D eigenvalue weighted by molar-refractivity contribution is 0.565. The van der Waals surface area contributed by atoms with Gasteiger partial charge in [-0.3, -0.25) is 0 Å². The molecule has 224 valence electrons. The van der Waals surface area contributed by atoms with Crippen molar-refractivity contribution < 1.29 is 16.8 Å². The second kappa shape index (κ2) is 15.7. The van der Waals surface area contributed by atoms with Crippen LogP contribution in [0.3, 0.4) is 0 Å². The Morgan fingerprint density at radius 3 is 1.00 bits per heavy atom. The third-order valence-corrected chi connectivity index (χ3v) is 10.6. The van der Waals surface area contributed by atoms with Crippen LogP contribution in [0.1, 0.15) is 38.8 Å². The Bertz CT molecular complexity index is 1320. The van der Waals surface area contributed by atoms with Crippen LogP contribution in [0, 0.1) is 0 Å². The summed E-state index contributed by atoms with van der Waals surface area (Å²) in [5, 5.41) is 11.3.